The van der Waals surface area contributed by atoms with Gasteiger partial charge >= 0.3 is 13.8 Å². The minimum absolute atomic E-state index is 0.116. The van der Waals surface area contributed by atoms with Crippen molar-refractivity contribution < 1.29 is 33.9 Å². The number of hydrogen-bond donors (Lipinski definition) is 4. The van der Waals surface area contributed by atoms with Crippen molar-refractivity contribution in [3.63, 3.8) is 0 Å². The average molecular weight is 360 g/mol. The second-order valence-electron chi connectivity index (χ2n) is 5.34. The first kappa shape index (κ1) is 20.2. The third kappa shape index (κ3) is 5.68. The molecule has 0 aliphatic rings. The Morgan fingerprint density at radius 1 is 1.50 bits per heavy atom. The number of pyridine rings is 1. The molecule has 24 heavy (non-hydrogen) atoms. The highest BCUT2D eigenvalue weighted by atomic mass is 31.2. The van der Waals surface area contributed by atoms with Crippen LogP contribution in [0.3, 0.4) is 0 Å². The van der Waals surface area contributed by atoms with Gasteiger partial charge in [-0.3, -0.25) is 14.5 Å². The number of aliphatic imine (C=N–C) groups is 1. The first-order chi connectivity index (χ1) is 11.1. The van der Waals surface area contributed by atoms with Crippen molar-refractivity contribution in [3.05, 3.63) is 23.0 Å². The number of aromatic hydroxyl groups is 1. The first-order valence-corrected chi connectivity index (χ1v) is 8.73. The summed E-state index contributed by atoms with van der Waals surface area (Å²) in [4.78, 5) is 36.8. The third-order valence-corrected chi connectivity index (χ3v) is 4.01. The number of aryl methyl sites for hydroxylation is 1. The number of carboxylic acids is 1. The topological polar surface area (TPSA) is 150 Å². The molecule has 0 saturated heterocycles. The van der Waals surface area contributed by atoms with E-state index in [1.54, 1.807) is 6.92 Å². The van der Waals surface area contributed by atoms with Crippen LogP contribution in [-0.4, -0.2) is 43.2 Å². The van der Waals surface area contributed by atoms with Gasteiger partial charge in [0, 0.05) is 23.5 Å². The van der Waals surface area contributed by atoms with Crippen LogP contribution < -0.4 is 0 Å². The molecule has 1 heterocycles. The number of aromatic nitrogens is 1. The van der Waals surface area contributed by atoms with E-state index in [1.807, 2.05) is 6.92 Å². The lowest BCUT2D eigenvalue weighted by Crippen LogP contribution is -2.25. The van der Waals surface area contributed by atoms with Gasteiger partial charge in [0.1, 0.15) is 11.8 Å². The molecule has 9 nitrogen and oxygen atoms in total. The number of aliphatic carboxylic acids is 1. The van der Waals surface area contributed by atoms with E-state index in [0.717, 1.165) is 0 Å². The van der Waals surface area contributed by atoms with Crippen LogP contribution in [0.25, 0.3) is 0 Å². The number of rotatable bonds is 8. The minimum atomic E-state index is -4.70. The Morgan fingerprint density at radius 2 is 2.12 bits per heavy atom. The van der Waals surface area contributed by atoms with Crippen molar-refractivity contribution in [1.29, 1.82) is 0 Å². The molecule has 4 N–H and O–H groups in total. The third-order valence-electron chi connectivity index (χ3n) is 3.55. The lowest BCUT2D eigenvalue weighted by molar-refractivity contribution is -0.139. The number of nitrogens with zero attached hydrogens (tertiary/aromatic N) is 2. The van der Waals surface area contributed by atoms with E-state index in [9.17, 15) is 19.6 Å². The van der Waals surface area contributed by atoms with E-state index >= 15 is 0 Å². The van der Waals surface area contributed by atoms with Gasteiger partial charge in [-0.15, -0.1) is 0 Å². The summed E-state index contributed by atoms with van der Waals surface area (Å²) in [5.74, 6) is -1.57. The molecule has 0 aromatic carbocycles. The van der Waals surface area contributed by atoms with Gasteiger partial charge in [-0.25, -0.2) is 9.36 Å². The molecule has 134 valence electrons. The molecule has 0 fully saturated rings. The van der Waals surface area contributed by atoms with Crippen molar-refractivity contribution >= 4 is 20.0 Å². The molecule has 0 amide bonds. The molecule has 0 saturated carbocycles. The monoisotopic (exact) mass is 360 g/mol. The van der Waals surface area contributed by atoms with Crippen LogP contribution in [0.4, 0.5) is 0 Å². The summed E-state index contributed by atoms with van der Waals surface area (Å²) in [6.07, 6.45) is 3.06. The van der Waals surface area contributed by atoms with Crippen molar-refractivity contribution in [1.82, 2.24) is 4.98 Å². The largest absolute Gasteiger partial charge is 0.505 e. The van der Waals surface area contributed by atoms with E-state index < -0.39 is 26.4 Å². The molecule has 0 radical (unpaired) electrons. The van der Waals surface area contributed by atoms with Crippen LogP contribution in [0.1, 0.15) is 37.1 Å². The fourth-order valence-corrected chi connectivity index (χ4v) is 2.20. The van der Waals surface area contributed by atoms with Gasteiger partial charge in [-0.05, 0) is 12.8 Å². The highest BCUT2D eigenvalue weighted by Gasteiger charge is 2.23. The molecule has 1 rings (SSSR count). The molecule has 0 aliphatic carbocycles. The van der Waals surface area contributed by atoms with E-state index in [-0.39, 0.29) is 28.5 Å². The number of carbonyl (C=O) groups is 1. The molecule has 0 bridgehead atoms. The summed E-state index contributed by atoms with van der Waals surface area (Å²) < 4.78 is 15.2. The van der Waals surface area contributed by atoms with Gasteiger partial charge in [0.2, 0.25) is 0 Å². The van der Waals surface area contributed by atoms with Crippen LogP contribution in [0.2, 0.25) is 0 Å². The Bertz CT molecular complexity index is 671. The van der Waals surface area contributed by atoms with Crippen LogP contribution in [0.15, 0.2) is 11.2 Å². The number of carboxylic acid groups (broad SMARTS) is 1. The van der Waals surface area contributed by atoms with Crippen molar-refractivity contribution in [2.24, 2.45) is 10.9 Å². The summed E-state index contributed by atoms with van der Waals surface area (Å²) in [5.41, 5.74) is 0.566. The van der Waals surface area contributed by atoms with E-state index in [0.29, 0.717) is 6.42 Å². The quantitative estimate of drug-likeness (QED) is 0.403. The SMILES string of the molecule is CC[C@H](C)[C@H](N=Cc1c(COP(=O)(O)O)cnc(C)c1O)C(=O)O. The number of hydrogen-bond acceptors (Lipinski definition) is 6. The Hall–Kier alpha value is -1.80. The lowest BCUT2D eigenvalue weighted by atomic mass is 10.00. The molecule has 0 unspecified atom stereocenters. The van der Waals surface area contributed by atoms with E-state index in [4.69, 9.17) is 9.79 Å². The van der Waals surface area contributed by atoms with Gasteiger partial charge in [0.05, 0.1) is 12.3 Å². The molecule has 2 atom stereocenters. The average Bonchev–Trinajstić information content (AvgIpc) is 2.48. The Labute approximate surface area is 139 Å². The predicted molar refractivity (Wildman–Crippen MR) is 85.9 cm³/mol. The van der Waals surface area contributed by atoms with E-state index in [1.165, 1.54) is 19.3 Å². The van der Waals surface area contributed by atoms with E-state index in [2.05, 4.69) is 14.5 Å². The Balaban J connectivity index is 3.20. The molecule has 1 aromatic heterocycles. The Kier molecular flexibility index (Phi) is 7.04. The van der Waals surface area contributed by atoms with Crippen LogP contribution in [0.5, 0.6) is 5.75 Å². The molecular weight excluding hydrogens is 339 g/mol. The van der Waals surface area contributed by atoms with Gasteiger partial charge < -0.3 is 20.0 Å². The normalized spacial score (nSPS) is 14.7. The predicted octanol–water partition coefficient (Wildman–Crippen LogP) is 1.62. The zero-order valence-corrected chi connectivity index (χ0v) is 14.5. The van der Waals surface area contributed by atoms with Gasteiger partial charge in [0.15, 0.2) is 0 Å². The van der Waals surface area contributed by atoms with Crippen LogP contribution >= 0.6 is 7.82 Å². The second kappa shape index (κ2) is 8.34. The van der Waals surface area contributed by atoms with Gasteiger partial charge in [-0.2, -0.15) is 0 Å². The zero-order chi connectivity index (χ0) is 18.5. The summed E-state index contributed by atoms with van der Waals surface area (Å²) in [5, 5.41) is 19.3. The fraction of sp³-hybridized carbons (Fsp3) is 0.500. The Morgan fingerprint density at radius 3 is 2.62 bits per heavy atom. The maximum Gasteiger partial charge on any atom is 0.469 e. The van der Waals surface area contributed by atoms with Crippen molar-refractivity contribution in [3.8, 4) is 5.75 Å². The first-order valence-electron chi connectivity index (χ1n) is 7.20. The number of phosphoric ester groups is 1. The highest BCUT2D eigenvalue weighted by molar-refractivity contribution is 7.46. The summed E-state index contributed by atoms with van der Waals surface area (Å²) in [6.45, 7) is 4.60. The number of phosphoric acid groups is 1. The molecule has 10 heteroatoms. The molecule has 0 spiro atoms. The molecule has 0 aliphatic heterocycles. The fourth-order valence-electron chi connectivity index (χ4n) is 1.90. The smallest absolute Gasteiger partial charge is 0.469 e. The molecular formula is C14H21N2O7P. The van der Waals surface area contributed by atoms with Gasteiger partial charge in [-0.1, -0.05) is 20.3 Å². The second-order valence-corrected chi connectivity index (χ2v) is 6.58. The van der Waals surface area contributed by atoms with Crippen LogP contribution in [-0.2, 0) is 20.5 Å². The standard InChI is InChI=1S/C14H21N2O7P/c1-4-8(2)12(14(18)19)16-6-11-10(7-23-24(20,21)22)5-15-9(3)13(11)17/h5-6,8,12,17H,4,7H2,1-3H3,(H,18,19)(H2,20,21,22)/t8-,12-/m0/s1. The zero-order valence-electron chi connectivity index (χ0n) is 13.6. The maximum absolute atomic E-state index is 11.3. The van der Waals surface area contributed by atoms with Crippen molar-refractivity contribution in [2.75, 3.05) is 0 Å². The summed E-state index contributed by atoms with van der Waals surface area (Å²) >= 11 is 0. The highest BCUT2D eigenvalue weighted by Crippen LogP contribution is 2.37. The minimum Gasteiger partial charge on any atom is -0.505 e. The van der Waals surface area contributed by atoms with Crippen molar-refractivity contribution in [2.45, 2.75) is 39.8 Å². The van der Waals surface area contributed by atoms with Gasteiger partial charge in [0.25, 0.3) is 0 Å². The maximum atomic E-state index is 11.3. The lowest BCUT2D eigenvalue weighted by Gasteiger charge is -2.15. The molecule has 1 aromatic rings. The summed E-state index contributed by atoms with van der Waals surface area (Å²) in [6, 6.07) is -1.00. The summed E-state index contributed by atoms with van der Waals surface area (Å²) in [7, 11) is -4.70. The van der Waals surface area contributed by atoms with Crippen LogP contribution in [0, 0.1) is 12.8 Å².